The molecule has 0 saturated carbocycles. The lowest BCUT2D eigenvalue weighted by atomic mass is 10.1. The summed E-state index contributed by atoms with van der Waals surface area (Å²) in [4.78, 5) is 39.7. The van der Waals surface area contributed by atoms with Gasteiger partial charge in [0.2, 0.25) is 0 Å². The normalized spacial score (nSPS) is 14.8. The van der Waals surface area contributed by atoms with Crippen molar-refractivity contribution >= 4 is 58.0 Å². The number of ether oxygens (including phenoxy) is 2. The first-order valence-electron chi connectivity index (χ1n) is 10.9. The van der Waals surface area contributed by atoms with Crippen molar-refractivity contribution < 1.29 is 23.9 Å². The minimum atomic E-state index is -0.656. The number of hydrogen-bond donors (Lipinski definition) is 2. The molecule has 2 heterocycles. The molecule has 0 fully saturated rings. The van der Waals surface area contributed by atoms with Gasteiger partial charge in [0.1, 0.15) is 23.9 Å². The number of nitrogens with one attached hydrogen (secondary N) is 2. The van der Waals surface area contributed by atoms with Gasteiger partial charge in [0, 0.05) is 28.0 Å². The molecule has 2 aliphatic rings. The fraction of sp³-hybridized carbons (Fsp3) is 0.115. The monoisotopic (exact) mass is 523 g/mol. The van der Waals surface area contributed by atoms with Gasteiger partial charge in [0.25, 0.3) is 17.7 Å². The van der Waals surface area contributed by atoms with Crippen LogP contribution in [-0.4, -0.2) is 30.9 Å². The lowest BCUT2D eigenvalue weighted by Crippen LogP contribution is -2.32. The molecule has 182 valence electrons. The van der Waals surface area contributed by atoms with E-state index in [9.17, 15) is 14.4 Å². The van der Waals surface area contributed by atoms with E-state index in [2.05, 4.69) is 10.6 Å². The fourth-order valence-electron chi connectivity index (χ4n) is 3.79. The number of benzene rings is 3. The average Bonchev–Trinajstić information content (AvgIpc) is 3.08. The van der Waals surface area contributed by atoms with Gasteiger partial charge in [-0.3, -0.25) is 14.4 Å². The van der Waals surface area contributed by atoms with E-state index in [0.717, 1.165) is 10.5 Å². The third-order valence-corrected chi connectivity index (χ3v) is 6.27. The van der Waals surface area contributed by atoms with Gasteiger partial charge in [-0.25, -0.2) is 4.90 Å². The number of hydrogen-bond acceptors (Lipinski definition) is 6. The molecule has 2 N–H and O–H groups in total. The average molecular weight is 524 g/mol. The standard InChI is InChI=1S/C26H19Cl2N3O5/c1-14-2-3-15(24(32)29-17-6-9-20-21(13-17)36-11-10-35-20)12-19(14)30-23-22(28)25(33)31(26(23)34)18-7-4-16(27)5-8-18/h2-9,12-13,30H,10-11H2,1H3,(H,29,32). The van der Waals surface area contributed by atoms with Crippen LogP contribution in [0.2, 0.25) is 5.02 Å². The lowest BCUT2D eigenvalue weighted by molar-refractivity contribution is -0.120. The fourth-order valence-corrected chi connectivity index (χ4v) is 4.13. The number of aryl methyl sites for hydroxylation is 1. The molecule has 0 aliphatic carbocycles. The minimum absolute atomic E-state index is 0.0795. The van der Waals surface area contributed by atoms with Gasteiger partial charge in [-0.1, -0.05) is 29.3 Å². The van der Waals surface area contributed by atoms with Crippen LogP contribution in [0.1, 0.15) is 15.9 Å². The predicted molar refractivity (Wildman–Crippen MR) is 137 cm³/mol. The van der Waals surface area contributed by atoms with Crippen molar-refractivity contribution in [2.45, 2.75) is 6.92 Å². The van der Waals surface area contributed by atoms with E-state index in [1.165, 1.54) is 0 Å². The van der Waals surface area contributed by atoms with Crippen molar-refractivity contribution in [1.29, 1.82) is 0 Å². The van der Waals surface area contributed by atoms with Gasteiger partial charge in [0.15, 0.2) is 11.5 Å². The summed E-state index contributed by atoms with van der Waals surface area (Å²) < 4.78 is 11.1. The molecular formula is C26H19Cl2N3O5. The number of fused-ring (bicyclic) bond motifs is 1. The summed E-state index contributed by atoms with van der Waals surface area (Å²) in [5.41, 5.74) is 2.34. The first-order valence-corrected chi connectivity index (χ1v) is 11.7. The first kappa shape index (κ1) is 23.7. The Bertz CT molecular complexity index is 1440. The van der Waals surface area contributed by atoms with Crippen LogP contribution >= 0.6 is 23.2 Å². The maximum Gasteiger partial charge on any atom is 0.283 e. The number of imide groups is 1. The highest BCUT2D eigenvalue weighted by Gasteiger charge is 2.39. The molecule has 10 heteroatoms. The van der Waals surface area contributed by atoms with Crippen molar-refractivity contribution in [3.63, 3.8) is 0 Å². The maximum absolute atomic E-state index is 13.1. The van der Waals surface area contributed by atoms with Gasteiger partial charge >= 0.3 is 0 Å². The van der Waals surface area contributed by atoms with Crippen molar-refractivity contribution in [2.24, 2.45) is 0 Å². The second-order valence-electron chi connectivity index (χ2n) is 8.08. The van der Waals surface area contributed by atoms with Gasteiger partial charge < -0.3 is 20.1 Å². The van der Waals surface area contributed by atoms with Crippen LogP contribution in [-0.2, 0) is 9.59 Å². The zero-order valence-electron chi connectivity index (χ0n) is 18.9. The molecule has 0 bridgehead atoms. The highest BCUT2D eigenvalue weighted by Crippen LogP contribution is 2.34. The van der Waals surface area contributed by atoms with E-state index in [1.54, 1.807) is 67.6 Å². The summed E-state index contributed by atoms with van der Waals surface area (Å²) in [5.74, 6) is -0.461. The maximum atomic E-state index is 13.1. The molecule has 3 aromatic rings. The van der Waals surface area contributed by atoms with E-state index < -0.39 is 11.8 Å². The van der Waals surface area contributed by atoms with Gasteiger partial charge in [-0.2, -0.15) is 0 Å². The topological polar surface area (TPSA) is 97.0 Å². The second-order valence-corrected chi connectivity index (χ2v) is 8.89. The molecule has 5 rings (SSSR count). The van der Waals surface area contributed by atoms with Crippen LogP contribution < -0.4 is 25.0 Å². The van der Waals surface area contributed by atoms with E-state index in [1.807, 2.05) is 0 Å². The summed E-state index contributed by atoms with van der Waals surface area (Å²) in [7, 11) is 0. The number of rotatable bonds is 5. The Morgan fingerprint density at radius 1 is 0.889 bits per heavy atom. The zero-order chi connectivity index (χ0) is 25.4. The van der Waals surface area contributed by atoms with Crippen molar-refractivity contribution in [3.05, 3.63) is 87.5 Å². The first-order chi connectivity index (χ1) is 17.3. The van der Waals surface area contributed by atoms with Crippen LogP contribution in [0.15, 0.2) is 71.4 Å². The molecule has 0 aromatic heterocycles. The molecule has 0 unspecified atom stereocenters. The van der Waals surface area contributed by atoms with Crippen molar-refractivity contribution in [2.75, 3.05) is 28.7 Å². The van der Waals surface area contributed by atoms with E-state index in [-0.39, 0.29) is 16.6 Å². The van der Waals surface area contributed by atoms with Crippen LogP contribution in [0.4, 0.5) is 17.1 Å². The highest BCUT2D eigenvalue weighted by molar-refractivity contribution is 6.53. The summed E-state index contributed by atoms with van der Waals surface area (Å²) in [6.07, 6.45) is 0. The number of carbonyl (C=O) groups is 3. The Kier molecular flexibility index (Phi) is 6.30. The largest absolute Gasteiger partial charge is 0.486 e. The molecule has 0 radical (unpaired) electrons. The summed E-state index contributed by atoms with van der Waals surface area (Å²) in [6.45, 7) is 2.72. The Morgan fingerprint density at radius 3 is 2.36 bits per heavy atom. The number of carbonyl (C=O) groups excluding carboxylic acids is 3. The van der Waals surface area contributed by atoms with E-state index in [0.29, 0.717) is 52.4 Å². The molecule has 3 amide bonds. The van der Waals surface area contributed by atoms with Gasteiger partial charge in [0.05, 0.1) is 5.69 Å². The zero-order valence-corrected chi connectivity index (χ0v) is 20.4. The SMILES string of the molecule is Cc1ccc(C(=O)Nc2ccc3c(c2)OCCO3)cc1NC1=C(Cl)C(=O)N(c2ccc(Cl)cc2)C1=O. The Balaban J connectivity index is 1.36. The third kappa shape index (κ3) is 4.48. The lowest BCUT2D eigenvalue weighted by Gasteiger charge is -2.19. The van der Waals surface area contributed by atoms with Crippen LogP contribution in [0.3, 0.4) is 0 Å². The molecule has 3 aromatic carbocycles. The third-order valence-electron chi connectivity index (χ3n) is 5.67. The minimum Gasteiger partial charge on any atom is -0.486 e. The molecule has 0 spiro atoms. The number of halogens is 2. The second kappa shape index (κ2) is 9.56. The predicted octanol–water partition coefficient (Wildman–Crippen LogP) is 5.11. The molecule has 2 aliphatic heterocycles. The molecule has 8 nitrogen and oxygen atoms in total. The van der Waals surface area contributed by atoms with Crippen molar-refractivity contribution in [1.82, 2.24) is 0 Å². The van der Waals surface area contributed by atoms with Gasteiger partial charge in [-0.05, 0) is 61.0 Å². The van der Waals surface area contributed by atoms with Crippen molar-refractivity contribution in [3.8, 4) is 11.5 Å². The van der Waals surface area contributed by atoms with Crippen LogP contribution in [0.25, 0.3) is 0 Å². The summed E-state index contributed by atoms with van der Waals surface area (Å²) in [5, 5.41) is 5.99. The Morgan fingerprint density at radius 2 is 1.61 bits per heavy atom. The van der Waals surface area contributed by atoms with E-state index in [4.69, 9.17) is 32.7 Å². The quantitative estimate of drug-likeness (QED) is 0.451. The van der Waals surface area contributed by atoms with Crippen LogP contribution in [0.5, 0.6) is 11.5 Å². The Labute approximate surface area is 216 Å². The molecule has 36 heavy (non-hydrogen) atoms. The summed E-state index contributed by atoms with van der Waals surface area (Å²) in [6, 6.07) is 16.4. The van der Waals surface area contributed by atoms with Gasteiger partial charge in [-0.15, -0.1) is 0 Å². The Hall–Kier alpha value is -4.01. The highest BCUT2D eigenvalue weighted by atomic mass is 35.5. The van der Waals surface area contributed by atoms with Crippen LogP contribution in [0, 0.1) is 6.92 Å². The summed E-state index contributed by atoms with van der Waals surface area (Å²) >= 11 is 12.2. The number of nitrogens with zero attached hydrogens (tertiary/aromatic N) is 1. The number of anilines is 3. The number of amides is 3. The smallest absolute Gasteiger partial charge is 0.283 e. The molecule has 0 saturated heterocycles. The molecular weight excluding hydrogens is 505 g/mol. The van der Waals surface area contributed by atoms with E-state index >= 15 is 0 Å². The molecule has 0 atom stereocenters.